The molecule has 0 aliphatic carbocycles. The summed E-state index contributed by atoms with van der Waals surface area (Å²) in [7, 11) is 0. The standard InChI is InChI=1S/C16H17N3O/c1-11-7-12(2)15(8-14(11)17)20-10-13-9-19-6-4-3-5-16(19)18-13/h3-9H,10,17H2,1-2H3. The number of nitrogens with zero attached hydrogens (tertiary/aromatic N) is 2. The van der Waals surface area contributed by atoms with Gasteiger partial charge in [-0.15, -0.1) is 0 Å². The molecule has 2 N–H and O–H groups in total. The summed E-state index contributed by atoms with van der Waals surface area (Å²) < 4.78 is 7.81. The van der Waals surface area contributed by atoms with E-state index in [2.05, 4.69) is 4.98 Å². The first-order valence-corrected chi connectivity index (χ1v) is 6.55. The number of aryl methyl sites for hydroxylation is 2. The van der Waals surface area contributed by atoms with Crippen LogP contribution in [0.3, 0.4) is 0 Å². The molecule has 0 bridgehead atoms. The van der Waals surface area contributed by atoms with E-state index in [1.54, 1.807) is 0 Å². The summed E-state index contributed by atoms with van der Waals surface area (Å²) in [5.41, 5.74) is 10.6. The van der Waals surface area contributed by atoms with E-state index in [1.807, 2.05) is 61.0 Å². The summed E-state index contributed by atoms with van der Waals surface area (Å²) in [6.07, 6.45) is 3.95. The van der Waals surface area contributed by atoms with Crippen molar-refractivity contribution in [3.63, 3.8) is 0 Å². The van der Waals surface area contributed by atoms with Gasteiger partial charge in [-0.05, 0) is 37.1 Å². The van der Waals surface area contributed by atoms with Crippen LogP contribution >= 0.6 is 0 Å². The summed E-state index contributed by atoms with van der Waals surface area (Å²) in [6, 6.07) is 9.83. The molecule has 2 aromatic heterocycles. The number of aromatic nitrogens is 2. The van der Waals surface area contributed by atoms with Crippen LogP contribution in [0.4, 0.5) is 5.69 Å². The van der Waals surface area contributed by atoms with Crippen molar-refractivity contribution in [2.75, 3.05) is 5.73 Å². The van der Waals surface area contributed by atoms with Gasteiger partial charge in [0.1, 0.15) is 18.0 Å². The number of nitrogen functional groups attached to an aromatic ring is 1. The van der Waals surface area contributed by atoms with Crippen LogP contribution in [0.5, 0.6) is 5.75 Å². The van der Waals surface area contributed by atoms with Crippen LogP contribution in [0.15, 0.2) is 42.7 Å². The van der Waals surface area contributed by atoms with Crippen molar-refractivity contribution in [1.82, 2.24) is 9.38 Å². The molecule has 1 aromatic carbocycles. The first-order chi connectivity index (χ1) is 9.63. The van der Waals surface area contributed by atoms with Gasteiger partial charge in [-0.25, -0.2) is 4.98 Å². The second kappa shape index (κ2) is 4.89. The predicted octanol–water partition coefficient (Wildman–Crippen LogP) is 3.11. The molecule has 0 radical (unpaired) electrons. The van der Waals surface area contributed by atoms with E-state index in [9.17, 15) is 0 Å². The maximum Gasteiger partial charge on any atom is 0.137 e. The van der Waals surface area contributed by atoms with Crippen LogP contribution in [0, 0.1) is 13.8 Å². The molecule has 20 heavy (non-hydrogen) atoms. The van der Waals surface area contributed by atoms with E-state index >= 15 is 0 Å². The normalized spacial score (nSPS) is 10.9. The second-order valence-electron chi connectivity index (χ2n) is 4.96. The number of hydrogen-bond donors (Lipinski definition) is 1. The number of anilines is 1. The van der Waals surface area contributed by atoms with Gasteiger partial charge < -0.3 is 14.9 Å². The summed E-state index contributed by atoms with van der Waals surface area (Å²) in [6.45, 7) is 4.45. The maximum absolute atomic E-state index is 5.92. The fourth-order valence-electron chi connectivity index (χ4n) is 2.21. The van der Waals surface area contributed by atoms with E-state index in [0.29, 0.717) is 6.61 Å². The number of fused-ring (bicyclic) bond motifs is 1. The highest BCUT2D eigenvalue weighted by molar-refractivity contribution is 5.54. The van der Waals surface area contributed by atoms with Crippen LogP contribution in [0.1, 0.15) is 16.8 Å². The first kappa shape index (κ1) is 12.5. The monoisotopic (exact) mass is 267 g/mol. The SMILES string of the molecule is Cc1cc(C)c(OCc2cn3ccccc3n2)cc1N. The lowest BCUT2D eigenvalue weighted by molar-refractivity contribution is 0.300. The Labute approximate surface area is 117 Å². The molecule has 0 unspecified atom stereocenters. The van der Waals surface area contributed by atoms with E-state index < -0.39 is 0 Å². The van der Waals surface area contributed by atoms with Gasteiger partial charge in [-0.1, -0.05) is 12.1 Å². The van der Waals surface area contributed by atoms with Crippen LogP contribution < -0.4 is 10.5 Å². The van der Waals surface area contributed by atoms with Gasteiger partial charge in [0.15, 0.2) is 0 Å². The third-order valence-corrected chi connectivity index (χ3v) is 3.35. The third kappa shape index (κ3) is 2.32. The first-order valence-electron chi connectivity index (χ1n) is 6.55. The zero-order chi connectivity index (χ0) is 14.1. The van der Waals surface area contributed by atoms with E-state index in [-0.39, 0.29) is 0 Å². The Balaban J connectivity index is 1.81. The number of rotatable bonds is 3. The molecule has 0 aliphatic heterocycles. The van der Waals surface area contributed by atoms with Gasteiger partial charge in [-0.3, -0.25) is 0 Å². The zero-order valence-electron chi connectivity index (χ0n) is 11.6. The Bertz CT molecular complexity index is 729. The minimum atomic E-state index is 0.436. The van der Waals surface area contributed by atoms with E-state index in [1.165, 1.54) is 0 Å². The molecule has 102 valence electrons. The van der Waals surface area contributed by atoms with Crippen LogP contribution in [0.2, 0.25) is 0 Å². The van der Waals surface area contributed by atoms with Gasteiger partial charge in [0.25, 0.3) is 0 Å². The van der Waals surface area contributed by atoms with Crippen molar-refractivity contribution in [1.29, 1.82) is 0 Å². The lowest BCUT2D eigenvalue weighted by Gasteiger charge is -2.10. The lowest BCUT2D eigenvalue weighted by Crippen LogP contribution is -1.99. The smallest absolute Gasteiger partial charge is 0.137 e. The molecule has 0 saturated carbocycles. The van der Waals surface area contributed by atoms with Gasteiger partial charge >= 0.3 is 0 Å². The Morgan fingerprint density at radius 2 is 2.05 bits per heavy atom. The average molecular weight is 267 g/mol. The Morgan fingerprint density at radius 1 is 1.20 bits per heavy atom. The Morgan fingerprint density at radius 3 is 2.85 bits per heavy atom. The lowest BCUT2D eigenvalue weighted by atomic mass is 10.1. The van der Waals surface area contributed by atoms with Crippen LogP contribution in [0.25, 0.3) is 5.65 Å². The second-order valence-corrected chi connectivity index (χ2v) is 4.96. The molecule has 0 spiro atoms. The highest BCUT2D eigenvalue weighted by Crippen LogP contribution is 2.25. The highest BCUT2D eigenvalue weighted by Gasteiger charge is 2.06. The van der Waals surface area contributed by atoms with Crippen molar-refractivity contribution in [3.05, 3.63) is 59.5 Å². The van der Waals surface area contributed by atoms with Gasteiger partial charge in [-0.2, -0.15) is 0 Å². The molecule has 3 rings (SSSR count). The summed E-state index contributed by atoms with van der Waals surface area (Å²) >= 11 is 0. The number of pyridine rings is 1. The largest absolute Gasteiger partial charge is 0.487 e. The summed E-state index contributed by atoms with van der Waals surface area (Å²) in [5, 5.41) is 0. The summed E-state index contributed by atoms with van der Waals surface area (Å²) in [5.74, 6) is 0.810. The molecule has 0 saturated heterocycles. The Hall–Kier alpha value is -2.49. The van der Waals surface area contributed by atoms with Crippen LogP contribution in [-0.2, 0) is 6.61 Å². The van der Waals surface area contributed by atoms with Crippen molar-refractivity contribution in [3.8, 4) is 5.75 Å². The number of nitrogens with two attached hydrogens (primary N) is 1. The summed E-state index contributed by atoms with van der Waals surface area (Å²) in [4.78, 5) is 4.50. The molecule has 4 heteroatoms. The molecule has 3 aromatic rings. The van der Waals surface area contributed by atoms with Crippen molar-refractivity contribution in [2.45, 2.75) is 20.5 Å². The molecule has 0 fully saturated rings. The quantitative estimate of drug-likeness (QED) is 0.742. The van der Waals surface area contributed by atoms with Gasteiger partial charge in [0, 0.05) is 24.1 Å². The van der Waals surface area contributed by atoms with Gasteiger partial charge in [0.05, 0.1) is 5.69 Å². The zero-order valence-corrected chi connectivity index (χ0v) is 11.6. The topological polar surface area (TPSA) is 52.5 Å². The highest BCUT2D eigenvalue weighted by atomic mass is 16.5. The number of hydrogen-bond acceptors (Lipinski definition) is 3. The number of benzene rings is 1. The number of imidazole rings is 1. The average Bonchev–Trinajstić information content (AvgIpc) is 2.84. The predicted molar refractivity (Wildman–Crippen MR) is 79.9 cm³/mol. The molecule has 2 heterocycles. The molecular formula is C16H17N3O. The van der Waals surface area contributed by atoms with Gasteiger partial charge in [0.2, 0.25) is 0 Å². The fraction of sp³-hybridized carbons (Fsp3) is 0.188. The Kier molecular flexibility index (Phi) is 3.06. The maximum atomic E-state index is 5.92. The molecule has 0 aliphatic rings. The minimum absolute atomic E-state index is 0.436. The van der Waals surface area contributed by atoms with E-state index in [4.69, 9.17) is 10.5 Å². The minimum Gasteiger partial charge on any atom is -0.487 e. The molecular weight excluding hydrogens is 250 g/mol. The van der Waals surface area contributed by atoms with Crippen molar-refractivity contribution >= 4 is 11.3 Å². The van der Waals surface area contributed by atoms with Crippen molar-refractivity contribution in [2.24, 2.45) is 0 Å². The van der Waals surface area contributed by atoms with Crippen LogP contribution in [-0.4, -0.2) is 9.38 Å². The van der Waals surface area contributed by atoms with Crippen molar-refractivity contribution < 1.29 is 4.74 Å². The third-order valence-electron chi connectivity index (χ3n) is 3.35. The molecule has 4 nitrogen and oxygen atoms in total. The molecule has 0 atom stereocenters. The fourth-order valence-corrected chi connectivity index (χ4v) is 2.21. The molecule has 0 amide bonds. The van der Waals surface area contributed by atoms with E-state index in [0.717, 1.165) is 33.9 Å². The number of ether oxygens (including phenoxy) is 1.